The number of halogens is 4. The number of nitrogens with one attached hydrogen (secondary N) is 1. The molecular weight excluding hydrogens is 378 g/mol. The predicted molar refractivity (Wildman–Crippen MR) is 95.1 cm³/mol. The first-order valence-electron chi connectivity index (χ1n) is 6.24. The smallest absolute Gasteiger partial charge is 0.266 e. The van der Waals surface area contributed by atoms with Gasteiger partial charge in [0.2, 0.25) is 0 Å². The van der Waals surface area contributed by atoms with E-state index in [1.807, 2.05) is 6.07 Å². The van der Waals surface area contributed by atoms with Crippen LogP contribution in [0.15, 0.2) is 42.0 Å². The molecule has 0 aliphatic carbocycles. The van der Waals surface area contributed by atoms with Gasteiger partial charge in [0.15, 0.2) is 0 Å². The molecule has 0 aliphatic rings. The van der Waals surface area contributed by atoms with Gasteiger partial charge in [0.25, 0.3) is 5.91 Å². The SMILES string of the molecule is N#C/C(=C\c1ccc(Cl)c(Cl)c1)C(=O)Nc1cccc(Cl)c1Cl. The maximum Gasteiger partial charge on any atom is 0.266 e. The largest absolute Gasteiger partial charge is 0.320 e. The number of carbonyl (C=O) groups excluding carboxylic acids is 1. The summed E-state index contributed by atoms with van der Waals surface area (Å²) in [6.45, 7) is 0. The minimum Gasteiger partial charge on any atom is -0.320 e. The van der Waals surface area contributed by atoms with Crippen molar-refractivity contribution >= 4 is 64.1 Å². The molecule has 116 valence electrons. The highest BCUT2D eigenvalue weighted by Crippen LogP contribution is 2.30. The zero-order chi connectivity index (χ0) is 17.0. The summed E-state index contributed by atoms with van der Waals surface area (Å²) in [5.41, 5.74) is 0.780. The van der Waals surface area contributed by atoms with Gasteiger partial charge in [-0.25, -0.2) is 0 Å². The summed E-state index contributed by atoms with van der Waals surface area (Å²) in [5, 5.41) is 13.0. The first-order valence-corrected chi connectivity index (χ1v) is 7.75. The number of hydrogen-bond donors (Lipinski definition) is 1. The monoisotopic (exact) mass is 384 g/mol. The standard InChI is InChI=1S/C16H8Cl4N2O/c17-11-5-4-9(7-13(11)19)6-10(8-21)16(23)22-14-3-1-2-12(18)15(14)20/h1-7H,(H,22,23)/b10-6+. The third-order valence-corrected chi connectivity index (χ3v) is 4.38. The number of carbonyl (C=O) groups is 1. The van der Waals surface area contributed by atoms with Crippen LogP contribution in [0.2, 0.25) is 20.1 Å². The van der Waals surface area contributed by atoms with E-state index in [1.165, 1.54) is 6.08 Å². The molecule has 0 aromatic heterocycles. The van der Waals surface area contributed by atoms with Gasteiger partial charge in [0.1, 0.15) is 11.6 Å². The number of hydrogen-bond acceptors (Lipinski definition) is 2. The van der Waals surface area contributed by atoms with Crippen molar-refractivity contribution in [3.8, 4) is 6.07 Å². The van der Waals surface area contributed by atoms with Gasteiger partial charge in [-0.15, -0.1) is 0 Å². The molecule has 0 atom stereocenters. The normalized spacial score (nSPS) is 11.0. The van der Waals surface area contributed by atoms with Crippen LogP contribution in [0, 0.1) is 11.3 Å². The van der Waals surface area contributed by atoms with Gasteiger partial charge in [0.05, 0.1) is 25.8 Å². The molecule has 1 N–H and O–H groups in total. The lowest BCUT2D eigenvalue weighted by atomic mass is 10.1. The number of rotatable bonds is 3. The fourth-order valence-corrected chi connectivity index (χ4v) is 2.36. The maximum atomic E-state index is 12.2. The van der Waals surface area contributed by atoms with E-state index in [9.17, 15) is 10.1 Å². The Labute approximate surface area is 153 Å². The summed E-state index contributed by atoms with van der Waals surface area (Å²) in [6.07, 6.45) is 1.40. The molecule has 3 nitrogen and oxygen atoms in total. The molecule has 0 fully saturated rings. The van der Waals surface area contributed by atoms with Crippen molar-refractivity contribution in [2.45, 2.75) is 0 Å². The van der Waals surface area contributed by atoms with Crippen molar-refractivity contribution in [1.82, 2.24) is 0 Å². The molecule has 0 unspecified atom stereocenters. The molecule has 0 spiro atoms. The van der Waals surface area contributed by atoms with Gasteiger partial charge in [-0.3, -0.25) is 4.79 Å². The lowest BCUT2D eigenvalue weighted by Crippen LogP contribution is -2.13. The summed E-state index contributed by atoms with van der Waals surface area (Å²) in [6, 6.07) is 11.4. The molecule has 0 saturated heterocycles. The first kappa shape index (κ1) is 17.7. The Kier molecular flexibility index (Phi) is 5.92. The van der Waals surface area contributed by atoms with Crippen molar-refractivity contribution in [1.29, 1.82) is 5.26 Å². The van der Waals surface area contributed by atoms with E-state index in [0.29, 0.717) is 26.3 Å². The van der Waals surface area contributed by atoms with E-state index in [0.717, 1.165) is 0 Å². The summed E-state index contributed by atoms with van der Waals surface area (Å²) >= 11 is 23.6. The lowest BCUT2D eigenvalue weighted by molar-refractivity contribution is -0.112. The number of nitrogens with zero attached hydrogens (tertiary/aromatic N) is 1. The number of benzene rings is 2. The van der Waals surface area contributed by atoms with Gasteiger partial charge < -0.3 is 5.32 Å². The van der Waals surface area contributed by atoms with Crippen LogP contribution in [0.5, 0.6) is 0 Å². The predicted octanol–water partition coefficient (Wildman–Crippen LogP) is 5.85. The molecule has 0 heterocycles. The van der Waals surface area contributed by atoms with E-state index in [2.05, 4.69) is 5.32 Å². The fraction of sp³-hybridized carbons (Fsp3) is 0. The van der Waals surface area contributed by atoms with Crippen LogP contribution in [0.1, 0.15) is 5.56 Å². The Balaban J connectivity index is 2.28. The van der Waals surface area contributed by atoms with Crippen LogP contribution in [0.4, 0.5) is 5.69 Å². The van der Waals surface area contributed by atoms with Gasteiger partial charge >= 0.3 is 0 Å². The first-order chi connectivity index (χ1) is 10.9. The number of amides is 1. The average molecular weight is 386 g/mol. The molecule has 2 aromatic rings. The molecule has 1 amide bonds. The quantitative estimate of drug-likeness (QED) is 0.532. The average Bonchev–Trinajstić information content (AvgIpc) is 2.52. The number of nitriles is 1. The second-order valence-corrected chi connectivity index (χ2v) is 6.00. The van der Waals surface area contributed by atoms with Crippen LogP contribution in [-0.4, -0.2) is 5.91 Å². The Hall–Kier alpha value is -1.70. The topological polar surface area (TPSA) is 52.9 Å². The van der Waals surface area contributed by atoms with Gasteiger partial charge in [-0.2, -0.15) is 5.26 Å². The molecule has 0 aliphatic heterocycles. The molecule has 7 heteroatoms. The molecule has 2 aromatic carbocycles. The van der Waals surface area contributed by atoms with Crippen LogP contribution in [0.3, 0.4) is 0 Å². The van der Waals surface area contributed by atoms with Crippen LogP contribution in [0.25, 0.3) is 6.08 Å². The van der Waals surface area contributed by atoms with Gasteiger partial charge in [0, 0.05) is 0 Å². The molecule has 23 heavy (non-hydrogen) atoms. The van der Waals surface area contributed by atoms with Gasteiger partial charge in [-0.1, -0.05) is 58.5 Å². The van der Waals surface area contributed by atoms with Crippen LogP contribution in [-0.2, 0) is 4.79 Å². The highest BCUT2D eigenvalue weighted by Gasteiger charge is 2.13. The van der Waals surface area contributed by atoms with E-state index in [1.54, 1.807) is 36.4 Å². The molecule has 2 rings (SSSR count). The van der Waals surface area contributed by atoms with Crippen molar-refractivity contribution in [3.05, 3.63) is 67.6 Å². The Bertz CT molecular complexity index is 840. The van der Waals surface area contributed by atoms with Crippen molar-refractivity contribution < 1.29 is 4.79 Å². The zero-order valence-corrected chi connectivity index (χ0v) is 14.4. The second-order valence-electron chi connectivity index (χ2n) is 4.40. The Morgan fingerprint density at radius 3 is 2.43 bits per heavy atom. The minimum absolute atomic E-state index is 0.112. The maximum absolute atomic E-state index is 12.2. The van der Waals surface area contributed by atoms with E-state index in [4.69, 9.17) is 46.4 Å². The highest BCUT2D eigenvalue weighted by molar-refractivity contribution is 6.44. The molecule has 0 radical (unpaired) electrons. The third kappa shape index (κ3) is 4.40. The summed E-state index contributed by atoms with van der Waals surface area (Å²) in [4.78, 5) is 12.2. The highest BCUT2D eigenvalue weighted by atomic mass is 35.5. The summed E-state index contributed by atoms with van der Waals surface area (Å²) < 4.78 is 0. The molecular formula is C16H8Cl4N2O. The van der Waals surface area contributed by atoms with Gasteiger partial charge in [-0.05, 0) is 35.9 Å². The second kappa shape index (κ2) is 7.72. The Morgan fingerprint density at radius 2 is 1.78 bits per heavy atom. The summed E-state index contributed by atoms with van der Waals surface area (Å²) in [7, 11) is 0. The fourth-order valence-electron chi connectivity index (χ4n) is 1.71. The third-order valence-electron chi connectivity index (χ3n) is 2.82. The zero-order valence-electron chi connectivity index (χ0n) is 11.4. The van der Waals surface area contributed by atoms with Crippen LogP contribution >= 0.6 is 46.4 Å². The molecule has 0 saturated carbocycles. The van der Waals surface area contributed by atoms with E-state index >= 15 is 0 Å². The van der Waals surface area contributed by atoms with E-state index in [-0.39, 0.29) is 10.6 Å². The van der Waals surface area contributed by atoms with Crippen molar-refractivity contribution in [2.75, 3.05) is 5.32 Å². The number of anilines is 1. The van der Waals surface area contributed by atoms with Crippen molar-refractivity contribution in [2.24, 2.45) is 0 Å². The van der Waals surface area contributed by atoms with Crippen LogP contribution < -0.4 is 5.32 Å². The van der Waals surface area contributed by atoms with Crippen molar-refractivity contribution in [3.63, 3.8) is 0 Å². The lowest BCUT2D eigenvalue weighted by Gasteiger charge is -2.07. The minimum atomic E-state index is -0.609. The van der Waals surface area contributed by atoms with E-state index < -0.39 is 5.91 Å². The Morgan fingerprint density at radius 1 is 1.04 bits per heavy atom. The summed E-state index contributed by atoms with van der Waals surface area (Å²) in [5.74, 6) is -0.609. The molecule has 0 bridgehead atoms.